The van der Waals surface area contributed by atoms with Crippen LogP contribution in [0.25, 0.3) is 11.1 Å². The first kappa shape index (κ1) is 28.6. The molecule has 226 valence electrons. The molecule has 1 fully saturated rings. The van der Waals surface area contributed by atoms with Crippen LogP contribution in [-0.2, 0) is 18.4 Å². The summed E-state index contributed by atoms with van der Waals surface area (Å²) < 4.78 is 18.6. The molecule has 0 aliphatic carbocycles. The Kier molecular flexibility index (Phi) is 8.08. The van der Waals surface area contributed by atoms with Crippen molar-refractivity contribution in [3.63, 3.8) is 0 Å². The van der Waals surface area contributed by atoms with Crippen molar-refractivity contribution in [3.05, 3.63) is 83.9 Å². The van der Waals surface area contributed by atoms with Gasteiger partial charge in [0.1, 0.15) is 17.6 Å². The average Bonchev–Trinajstić information content (AvgIpc) is 3.44. The SMILES string of the molecule is COc1nc(C(=O)N2CC[C@@H]3Oc4ccc(cc4)CNC(=O)COc4cccc(c4)-c4cncc(c4)C(=O)N[C@@H]3C2)nn1C. The van der Waals surface area contributed by atoms with Crippen LogP contribution in [0.1, 0.15) is 33.0 Å². The molecule has 2 atom stereocenters. The van der Waals surface area contributed by atoms with Gasteiger partial charge in [0.05, 0.1) is 18.7 Å². The minimum absolute atomic E-state index is 0.00717. The van der Waals surface area contributed by atoms with E-state index in [9.17, 15) is 14.4 Å². The molecule has 0 spiro atoms. The molecule has 2 aromatic heterocycles. The van der Waals surface area contributed by atoms with Crippen molar-refractivity contribution >= 4 is 17.7 Å². The number of methoxy groups -OCH3 is 1. The van der Waals surface area contributed by atoms with Crippen molar-refractivity contribution in [2.45, 2.75) is 25.1 Å². The highest BCUT2D eigenvalue weighted by molar-refractivity contribution is 5.95. The zero-order valence-corrected chi connectivity index (χ0v) is 24.2. The van der Waals surface area contributed by atoms with E-state index in [2.05, 4.69) is 25.7 Å². The highest BCUT2D eigenvalue weighted by Crippen LogP contribution is 2.25. The zero-order chi connectivity index (χ0) is 30.6. The van der Waals surface area contributed by atoms with Gasteiger partial charge >= 0.3 is 6.01 Å². The van der Waals surface area contributed by atoms with Crippen LogP contribution in [-0.4, -0.2) is 81.3 Å². The van der Waals surface area contributed by atoms with Crippen LogP contribution in [0.3, 0.4) is 0 Å². The van der Waals surface area contributed by atoms with Crippen LogP contribution in [0.5, 0.6) is 17.5 Å². The Bertz CT molecular complexity index is 1690. The number of hydrogen-bond donors (Lipinski definition) is 2. The summed E-state index contributed by atoms with van der Waals surface area (Å²) in [5, 5.41) is 10.1. The van der Waals surface area contributed by atoms with Gasteiger partial charge in [-0.2, -0.15) is 4.98 Å². The zero-order valence-electron chi connectivity index (χ0n) is 24.2. The van der Waals surface area contributed by atoms with Gasteiger partial charge in [-0.3, -0.25) is 19.4 Å². The van der Waals surface area contributed by atoms with Crippen molar-refractivity contribution < 1.29 is 28.6 Å². The number of nitrogens with zero attached hydrogens (tertiary/aromatic N) is 5. The number of aryl methyl sites for hydroxylation is 1. The van der Waals surface area contributed by atoms with Crippen LogP contribution < -0.4 is 24.8 Å². The summed E-state index contributed by atoms with van der Waals surface area (Å²) in [6.07, 6.45) is 3.15. The highest BCUT2D eigenvalue weighted by atomic mass is 16.5. The lowest BCUT2D eigenvalue weighted by atomic mass is 10.0. The summed E-state index contributed by atoms with van der Waals surface area (Å²) in [7, 11) is 3.10. The predicted octanol–water partition coefficient (Wildman–Crippen LogP) is 1.99. The molecule has 3 aliphatic rings. The Morgan fingerprint density at radius 2 is 1.84 bits per heavy atom. The number of likely N-dealkylation sites (tertiary alicyclic amines) is 1. The Morgan fingerprint density at radius 1 is 1.02 bits per heavy atom. The van der Waals surface area contributed by atoms with Gasteiger partial charge in [0.2, 0.25) is 5.82 Å². The second-order valence-corrected chi connectivity index (χ2v) is 10.5. The largest absolute Gasteiger partial charge is 0.488 e. The smallest absolute Gasteiger partial charge is 0.314 e. The molecular weight excluding hydrogens is 566 g/mol. The molecule has 5 heterocycles. The monoisotopic (exact) mass is 597 g/mol. The first-order valence-corrected chi connectivity index (χ1v) is 14.1. The minimum Gasteiger partial charge on any atom is -0.488 e. The Morgan fingerprint density at radius 3 is 2.64 bits per heavy atom. The minimum atomic E-state index is -0.559. The summed E-state index contributed by atoms with van der Waals surface area (Å²) in [6, 6.07) is 16.0. The molecule has 0 radical (unpaired) electrons. The van der Waals surface area contributed by atoms with E-state index in [1.165, 1.54) is 18.0 Å². The fourth-order valence-electron chi connectivity index (χ4n) is 5.17. The molecule has 7 rings (SSSR count). The predicted molar refractivity (Wildman–Crippen MR) is 157 cm³/mol. The lowest BCUT2D eigenvalue weighted by Gasteiger charge is -2.38. The van der Waals surface area contributed by atoms with E-state index in [1.807, 2.05) is 36.4 Å². The summed E-state index contributed by atoms with van der Waals surface area (Å²) in [4.78, 5) is 49.5. The maximum absolute atomic E-state index is 13.6. The maximum atomic E-state index is 13.6. The number of hydrogen-bond acceptors (Lipinski definition) is 9. The fourth-order valence-corrected chi connectivity index (χ4v) is 5.17. The Hall–Kier alpha value is -5.46. The molecule has 3 aliphatic heterocycles. The molecule has 13 nitrogen and oxygen atoms in total. The van der Waals surface area contributed by atoms with Crippen LogP contribution in [0.15, 0.2) is 67.0 Å². The molecular formula is C31H31N7O6. The summed E-state index contributed by atoms with van der Waals surface area (Å²) >= 11 is 0. The number of piperidine rings is 1. The topological polar surface area (TPSA) is 150 Å². The normalized spacial score (nSPS) is 18.6. The Labute approximate surface area is 253 Å². The van der Waals surface area contributed by atoms with E-state index < -0.39 is 12.1 Å². The van der Waals surface area contributed by atoms with Crippen molar-refractivity contribution in [1.82, 2.24) is 35.3 Å². The number of carbonyl (C=O) groups is 3. The van der Waals surface area contributed by atoms with Gasteiger partial charge in [0.15, 0.2) is 6.61 Å². The Balaban J connectivity index is 1.30. The van der Waals surface area contributed by atoms with E-state index in [1.54, 1.807) is 36.3 Å². The lowest BCUT2D eigenvalue weighted by molar-refractivity contribution is -0.123. The third-order valence-corrected chi connectivity index (χ3v) is 7.49. The molecule has 3 amide bonds. The third-order valence-electron chi connectivity index (χ3n) is 7.49. The second-order valence-electron chi connectivity index (χ2n) is 10.5. The highest BCUT2D eigenvalue weighted by Gasteiger charge is 2.36. The molecule has 2 aromatic carbocycles. The van der Waals surface area contributed by atoms with Gasteiger partial charge in [-0.25, -0.2) is 4.68 Å². The number of benzene rings is 2. The van der Waals surface area contributed by atoms with Crippen molar-refractivity contribution in [1.29, 1.82) is 0 Å². The van der Waals surface area contributed by atoms with E-state index in [0.717, 1.165) is 11.1 Å². The van der Waals surface area contributed by atoms with E-state index in [0.29, 0.717) is 42.1 Å². The standard InChI is InChI=1S/C31H31N7O6/c1-37-31(42-2)35-28(36-37)30(41)38-11-10-26-25(17-38)34-29(40)22-12-21(15-32-16-22)20-4-3-5-24(13-20)43-18-27(39)33-14-19-6-8-23(44-26)9-7-19/h3-9,12-13,15-16,25-26H,10-11,14,17-18H2,1-2H3,(H,33,39)(H,34,40)/t25-,26+/m1/s1. The van der Waals surface area contributed by atoms with Crippen molar-refractivity contribution in [2.24, 2.45) is 7.05 Å². The number of carbonyl (C=O) groups excluding carboxylic acids is 3. The van der Waals surface area contributed by atoms with Crippen LogP contribution in [0.4, 0.5) is 0 Å². The lowest BCUT2D eigenvalue weighted by Crippen LogP contribution is -2.58. The van der Waals surface area contributed by atoms with Gasteiger partial charge in [-0.05, 0) is 41.5 Å². The van der Waals surface area contributed by atoms with E-state index in [4.69, 9.17) is 14.2 Å². The summed E-state index contributed by atoms with van der Waals surface area (Å²) in [6.45, 7) is 0.729. The van der Waals surface area contributed by atoms with Crippen molar-refractivity contribution in [3.8, 4) is 28.6 Å². The number of pyridine rings is 1. The van der Waals surface area contributed by atoms with E-state index >= 15 is 0 Å². The number of ether oxygens (including phenoxy) is 3. The van der Waals surface area contributed by atoms with Gasteiger partial charge in [0.25, 0.3) is 17.7 Å². The quantitative estimate of drug-likeness (QED) is 0.354. The van der Waals surface area contributed by atoms with Crippen LogP contribution >= 0.6 is 0 Å². The molecule has 0 unspecified atom stereocenters. The third kappa shape index (κ3) is 6.31. The number of aromatic nitrogens is 4. The molecule has 1 saturated heterocycles. The van der Waals surface area contributed by atoms with Gasteiger partial charge in [-0.15, -0.1) is 5.10 Å². The summed E-state index contributed by atoms with van der Waals surface area (Å²) in [5.41, 5.74) is 2.69. The van der Waals surface area contributed by atoms with Gasteiger partial charge in [0, 0.05) is 51.1 Å². The fraction of sp³-hybridized carbons (Fsp3) is 0.290. The molecule has 4 aromatic rings. The molecule has 0 saturated carbocycles. The average molecular weight is 598 g/mol. The van der Waals surface area contributed by atoms with Crippen molar-refractivity contribution in [2.75, 3.05) is 26.8 Å². The number of rotatable bonds is 2. The molecule has 44 heavy (non-hydrogen) atoms. The molecule has 6 bridgehead atoms. The van der Waals surface area contributed by atoms with Crippen LogP contribution in [0.2, 0.25) is 0 Å². The summed E-state index contributed by atoms with van der Waals surface area (Å²) in [5.74, 6) is 0.124. The molecule has 13 heteroatoms. The first-order valence-electron chi connectivity index (χ1n) is 14.1. The molecule has 2 N–H and O–H groups in total. The number of fused-ring (bicyclic) bond motifs is 7. The second kappa shape index (κ2) is 12.4. The maximum Gasteiger partial charge on any atom is 0.314 e. The van der Waals surface area contributed by atoms with E-state index in [-0.39, 0.29) is 42.7 Å². The number of amides is 3. The van der Waals surface area contributed by atoms with Crippen LogP contribution in [0, 0.1) is 0 Å². The first-order chi connectivity index (χ1) is 21.4. The number of nitrogens with one attached hydrogen (secondary N) is 2. The van der Waals surface area contributed by atoms with Gasteiger partial charge in [-0.1, -0.05) is 24.3 Å². The van der Waals surface area contributed by atoms with Gasteiger partial charge < -0.3 is 29.7 Å².